The van der Waals surface area contributed by atoms with Crippen molar-refractivity contribution in [3.8, 4) is 0 Å². The Morgan fingerprint density at radius 1 is 1.50 bits per heavy atom. The minimum Gasteiger partial charge on any atom is -0.352 e. The molecule has 2 N–H and O–H groups in total. The Hall–Kier alpha value is -0.890. The number of aromatic amines is 1. The predicted octanol–water partition coefficient (Wildman–Crippen LogP) is 2.75. The van der Waals surface area contributed by atoms with Crippen LogP contribution in [0.5, 0.6) is 0 Å². The molecule has 0 fully saturated rings. The summed E-state index contributed by atoms with van der Waals surface area (Å²) < 4.78 is 1.84. The molecule has 1 aromatic carbocycles. The third-order valence-corrected chi connectivity index (χ3v) is 3.74. The number of amides is 1. The maximum absolute atomic E-state index is 12.0. The third kappa shape index (κ3) is 3.55. The van der Waals surface area contributed by atoms with E-state index in [1.807, 2.05) is 18.2 Å². The number of nitrogens with one attached hydrogen (secondary N) is 2. The lowest BCUT2D eigenvalue weighted by Gasteiger charge is -2.06. The number of aromatic nitrogens is 2. The number of halogens is 2. The first-order valence-electron chi connectivity index (χ1n) is 5.38. The quantitative estimate of drug-likeness (QED) is 0.748. The largest absolute Gasteiger partial charge is 0.352 e. The molecule has 2 rings (SSSR count). The number of carbonyl (C=O) groups excluding carboxylic acids is 1. The van der Waals surface area contributed by atoms with Gasteiger partial charge in [0.2, 0.25) is 0 Å². The summed E-state index contributed by atoms with van der Waals surface area (Å²) in [4.78, 5) is 19.1. The summed E-state index contributed by atoms with van der Waals surface area (Å²) in [6.07, 6.45) is 4.17. The van der Waals surface area contributed by atoms with Crippen molar-refractivity contribution in [1.82, 2.24) is 15.3 Å². The van der Waals surface area contributed by atoms with Gasteiger partial charge in [-0.2, -0.15) is 0 Å². The zero-order valence-electron chi connectivity index (χ0n) is 9.41. The number of carbonyl (C=O) groups is 1. The molecule has 2 aromatic rings. The molecule has 0 spiro atoms. The molecule has 0 saturated heterocycles. The number of hydrogen-bond donors (Lipinski definition) is 2. The Morgan fingerprint density at radius 2 is 2.33 bits per heavy atom. The molecular weight excluding hydrogens is 409 g/mol. The fourth-order valence-electron chi connectivity index (χ4n) is 1.50. The molecule has 0 saturated carbocycles. The third-order valence-electron chi connectivity index (χ3n) is 2.38. The normalized spacial score (nSPS) is 10.3. The second-order valence-electron chi connectivity index (χ2n) is 3.67. The maximum atomic E-state index is 12.0. The van der Waals surface area contributed by atoms with Crippen molar-refractivity contribution in [3.05, 3.63) is 50.0 Å². The van der Waals surface area contributed by atoms with Crippen molar-refractivity contribution in [3.63, 3.8) is 0 Å². The van der Waals surface area contributed by atoms with E-state index in [0.717, 1.165) is 13.9 Å². The van der Waals surface area contributed by atoms with Crippen LogP contribution in [-0.2, 0) is 6.42 Å². The summed E-state index contributed by atoms with van der Waals surface area (Å²) in [5.74, 6) is 0.795. The summed E-state index contributed by atoms with van der Waals surface area (Å²) in [6, 6.07) is 5.68. The minimum atomic E-state index is -0.0769. The molecule has 0 bridgehead atoms. The zero-order chi connectivity index (χ0) is 13.0. The molecule has 1 amide bonds. The van der Waals surface area contributed by atoms with Gasteiger partial charge < -0.3 is 10.3 Å². The number of hydrogen-bond acceptors (Lipinski definition) is 2. The van der Waals surface area contributed by atoms with E-state index in [0.29, 0.717) is 18.5 Å². The number of rotatable bonds is 4. The Kier molecular flexibility index (Phi) is 4.76. The molecule has 1 aromatic heterocycles. The van der Waals surface area contributed by atoms with Crippen molar-refractivity contribution in [2.75, 3.05) is 6.54 Å². The van der Waals surface area contributed by atoms with Crippen molar-refractivity contribution in [1.29, 1.82) is 0 Å². The molecule has 0 radical (unpaired) electrons. The summed E-state index contributed by atoms with van der Waals surface area (Å²) >= 11 is 5.56. The molecular formula is C12H11BrIN3O. The molecule has 0 unspecified atom stereocenters. The van der Waals surface area contributed by atoms with Gasteiger partial charge >= 0.3 is 0 Å². The van der Waals surface area contributed by atoms with Crippen LogP contribution in [0.3, 0.4) is 0 Å². The highest BCUT2D eigenvalue weighted by Crippen LogP contribution is 2.19. The van der Waals surface area contributed by atoms with Gasteiger partial charge in [0.25, 0.3) is 5.91 Å². The van der Waals surface area contributed by atoms with Crippen molar-refractivity contribution >= 4 is 44.4 Å². The first-order valence-corrected chi connectivity index (χ1v) is 7.25. The average molecular weight is 420 g/mol. The summed E-state index contributed by atoms with van der Waals surface area (Å²) in [5.41, 5.74) is 0.654. The maximum Gasteiger partial charge on any atom is 0.252 e. The Morgan fingerprint density at radius 3 is 3.06 bits per heavy atom. The van der Waals surface area contributed by atoms with Gasteiger partial charge in [0, 0.05) is 33.4 Å². The van der Waals surface area contributed by atoms with Gasteiger partial charge in [-0.1, -0.05) is 0 Å². The molecule has 0 atom stereocenters. The molecule has 18 heavy (non-hydrogen) atoms. The monoisotopic (exact) mass is 419 g/mol. The van der Waals surface area contributed by atoms with E-state index in [4.69, 9.17) is 0 Å². The zero-order valence-corrected chi connectivity index (χ0v) is 13.2. The summed E-state index contributed by atoms with van der Waals surface area (Å²) in [6.45, 7) is 0.560. The van der Waals surface area contributed by atoms with Crippen LogP contribution in [-0.4, -0.2) is 22.4 Å². The van der Waals surface area contributed by atoms with Crippen LogP contribution in [0.2, 0.25) is 0 Å². The van der Waals surface area contributed by atoms with E-state index < -0.39 is 0 Å². The standard InChI is InChI=1S/C12H11BrIN3O/c13-10-2-1-8(14)7-9(10)12(18)17-4-3-11-15-5-6-16-11/h1-2,5-7H,3-4H2,(H,15,16)(H,17,18). The van der Waals surface area contributed by atoms with E-state index in [1.165, 1.54) is 0 Å². The number of nitrogens with zero attached hydrogens (tertiary/aromatic N) is 1. The smallest absolute Gasteiger partial charge is 0.252 e. The van der Waals surface area contributed by atoms with Crippen LogP contribution in [0, 0.1) is 3.57 Å². The first kappa shape index (κ1) is 13.5. The fraction of sp³-hybridized carbons (Fsp3) is 0.167. The SMILES string of the molecule is O=C(NCCc1ncc[nH]1)c1cc(I)ccc1Br. The fourth-order valence-corrected chi connectivity index (χ4v) is 2.41. The van der Waals surface area contributed by atoms with Gasteiger partial charge in [0.05, 0.1) is 5.56 Å². The summed E-state index contributed by atoms with van der Waals surface area (Å²) in [7, 11) is 0. The van der Waals surface area contributed by atoms with Crippen molar-refractivity contribution in [2.45, 2.75) is 6.42 Å². The van der Waals surface area contributed by atoms with Gasteiger partial charge in [0.1, 0.15) is 5.82 Å². The highest BCUT2D eigenvalue weighted by atomic mass is 127. The Balaban J connectivity index is 1.93. The van der Waals surface area contributed by atoms with Crippen molar-refractivity contribution in [2.24, 2.45) is 0 Å². The van der Waals surface area contributed by atoms with Crippen LogP contribution in [0.4, 0.5) is 0 Å². The van der Waals surface area contributed by atoms with Crippen molar-refractivity contribution < 1.29 is 4.79 Å². The number of benzene rings is 1. The van der Waals surface area contributed by atoms with Crippen LogP contribution >= 0.6 is 38.5 Å². The lowest BCUT2D eigenvalue weighted by molar-refractivity contribution is 0.0953. The molecule has 0 aliphatic carbocycles. The van der Waals surface area contributed by atoms with E-state index in [2.05, 4.69) is 53.8 Å². The minimum absolute atomic E-state index is 0.0769. The van der Waals surface area contributed by atoms with Gasteiger partial charge in [-0.25, -0.2) is 4.98 Å². The van der Waals surface area contributed by atoms with Crippen LogP contribution in [0.15, 0.2) is 35.1 Å². The second kappa shape index (κ2) is 6.33. The predicted molar refractivity (Wildman–Crippen MR) is 81.5 cm³/mol. The highest BCUT2D eigenvalue weighted by molar-refractivity contribution is 14.1. The van der Waals surface area contributed by atoms with Crippen LogP contribution in [0.1, 0.15) is 16.2 Å². The van der Waals surface area contributed by atoms with Crippen LogP contribution in [0.25, 0.3) is 0 Å². The lowest BCUT2D eigenvalue weighted by Crippen LogP contribution is -2.26. The Labute approximate surface area is 127 Å². The summed E-state index contributed by atoms with van der Waals surface area (Å²) in [5, 5.41) is 2.87. The topological polar surface area (TPSA) is 57.8 Å². The van der Waals surface area contributed by atoms with E-state index in [-0.39, 0.29) is 5.91 Å². The Bertz CT molecular complexity index is 542. The molecule has 1 heterocycles. The van der Waals surface area contributed by atoms with Gasteiger partial charge in [-0.15, -0.1) is 0 Å². The second-order valence-corrected chi connectivity index (χ2v) is 5.77. The molecule has 0 aliphatic rings. The molecule has 6 heteroatoms. The molecule has 0 aliphatic heterocycles. The van der Waals surface area contributed by atoms with E-state index in [1.54, 1.807) is 12.4 Å². The first-order chi connectivity index (χ1) is 8.66. The van der Waals surface area contributed by atoms with Gasteiger partial charge in [-0.3, -0.25) is 4.79 Å². The van der Waals surface area contributed by atoms with Gasteiger partial charge in [0.15, 0.2) is 0 Å². The lowest BCUT2D eigenvalue weighted by atomic mass is 10.2. The van der Waals surface area contributed by atoms with Gasteiger partial charge in [-0.05, 0) is 56.7 Å². The number of imidazole rings is 1. The highest BCUT2D eigenvalue weighted by Gasteiger charge is 2.09. The number of H-pyrrole nitrogens is 1. The van der Waals surface area contributed by atoms with E-state index >= 15 is 0 Å². The molecule has 4 nitrogen and oxygen atoms in total. The van der Waals surface area contributed by atoms with Crippen LogP contribution < -0.4 is 5.32 Å². The average Bonchev–Trinajstić information content (AvgIpc) is 2.85. The van der Waals surface area contributed by atoms with E-state index in [9.17, 15) is 4.79 Å². The molecule has 94 valence electrons.